The van der Waals surface area contributed by atoms with Crippen molar-refractivity contribution in [1.82, 2.24) is 9.78 Å². The van der Waals surface area contributed by atoms with Gasteiger partial charge < -0.3 is 5.32 Å². The minimum Gasteiger partial charge on any atom is -0.323 e. The van der Waals surface area contributed by atoms with Gasteiger partial charge in [-0.1, -0.05) is 23.7 Å². The van der Waals surface area contributed by atoms with Gasteiger partial charge in [-0.3, -0.25) is 9.48 Å². The summed E-state index contributed by atoms with van der Waals surface area (Å²) in [6, 6.07) is 8.97. The number of aromatic nitrogens is 2. The number of hydrogen-bond acceptors (Lipinski definition) is 2. The van der Waals surface area contributed by atoms with E-state index >= 15 is 0 Å². The van der Waals surface area contributed by atoms with Gasteiger partial charge in [0.25, 0.3) is 0 Å². The molecule has 1 heterocycles. The predicted molar refractivity (Wildman–Crippen MR) is 67.0 cm³/mol. The average Bonchev–Trinajstić information content (AvgIpc) is 2.67. The molecule has 1 aromatic heterocycles. The zero-order valence-corrected chi connectivity index (χ0v) is 10.1. The zero-order chi connectivity index (χ0) is 12.3. The molecule has 2 rings (SSSR count). The van der Waals surface area contributed by atoms with E-state index in [1.165, 1.54) is 0 Å². The van der Waals surface area contributed by atoms with Crippen LogP contribution in [0.4, 0.5) is 5.69 Å². The Balaban J connectivity index is 2.01. The summed E-state index contributed by atoms with van der Waals surface area (Å²) in [6.45, 7) is 2.06. The Kier molecular flexibility index (Phi) is 3.44. The van der Waals surface area contributed by atoms with Crippen LogP contribution < -0.4 is 5.32 Å². The summed E-state index contributed by atoms with van der Waals surface area (Å²) in [4.78, 5) is 11.7. The maximum atomic E-state index is 11.7. The second kappa shape index (κ2) is 5.01. The molecular formula is C12H12ClN3O. The normalized spacial score (nSPS) is 10.2. The van der Waals surface area contributed by atoms with Crippen LogP contribution in [0.5, 0.6) is 0 Å². The third-order valence-corrected chi connectivity index (χ3v) is 2.56. The van der Waals surface area contributed by atoms with Gasteiger partial charge >= 0.3 is 0 Å². The van der Waals surface area contributed by atoms with Crippen molar-refractivity contribution in [3.63, 3.8) is 0 Å². The molecule has 0 radical (unpaired) electrons. The van der Waals surface area contributed by atoms with Gasteiger partial charge in [0.1, 0.15) is 6.54 Å². The molecule has 4 nitrogen and oxygen atoms in total. The van der Waals surface area contributed by atoms with Crippen LogP contribution >= 0.6 is 11.6 Å². The topological polar surface area (TPSA) is 46.9 Å². The lowest BCUT2D eigenvalue weighted by Gasteiger charge is -2.06. The van der Waals surface area contributed by atoms with E-state index in [4.69, 9.17) is 11.6 Å². The second-order valence-electron chi connectivity index (χ2n) is 3.68. The first kappa shape index (κ1) is 11.7. The summed E-state index contributed by atoms with van der Waals surface area (Å²) >= 11 is 5.94. The van der Waals surface area contributed by atoms with Crippen molar-refractivity contribution in [2.75, 3.05) is 5.32 Å². The fourth-order valence-corrected chi connectivity index (χ4v) is 1.63. The van der Waals surface area contributed by atoms with Gasteiger partial charge in [-0.15, -0.1) is 0 Å². The van der Waals surface area contributed by atoms with Crippen LogP contribution in [0.1, 0.15) is 5.69 Å². The van der Waals surface area contributed by atoms with Crippen molar-refractivity contribution < 1.29 is 4.79 Å². The van der Waals surface area contributed by atoms with Gasteiger partial charge in [0.15, 0.2) is 0 Å². The number of hydrogen-bond donors (Lipinski definition) is 1. The highest BCUT2D eigenvalue weighted by molar-refractivity contribution is 6.33. The molecule has 5 heteroatoms. The highest BCUT2D eigenvalue weighted by Gasteiger charge is 2.06. The molecule has 1 N–H and O–H groups in total. The molecule has 0 aliphatic heterocycles. The lowest BCUT2D eigenvalue weighted by atomic mass is 10.3. The number of nitrogens with zero attached hydrogens (tertiary/aromatic N) is 2. The van der Waals surface area contributed by atoms with Crippen molar-refractivity contribution in [3.8, 4) is 0 Å². The Hall–Kier alpha value is -1.81. The number of nitrogens with one attached hydrogen (secondary N) is 1. The summed E-state index contributed by atoms with van der Waals surface area (Å²) in [5.41, 5.74) is 1.50. The summed E-state index contributed by atoms with van der Waals surface area (Å²) in [6.07, 6.45) is 1.77. The molecule has 0 spiro atoms. The Labute approximate surface area is 104 Å². The third kappa shape index (κ3) is 3.07. The minimum absolute atomic E-state index is 0.152. The number of amides is 1. The Morgan fingerprint density at radius 3 is 2.82 bits per heavy atom. The second-order valence-corrected chi connectivity index (χ2v) is 4.09. The van der Waals surface area contributed by atoms with Crippen molar-refractivity contribution >= 4 is 23.2 Å². The van der Waals surface area contributed by atoms with E-state index < -0.39 is 0 Å². The highest BCUT2D eigenvalue weighted by atomic mass is 35.5. The molecule has 0 unspecified atom stereocenters. The number of rotatable bonds is 3. The van der Waals surface area contributed by atoms with E-state index in [1.807, 2.05) is 25.1 Å². The van der Waals surface area contributed by atoms with Gasteiger partial charge in [-0.2, -0.15) is 5.10 Å². The molecule has 0 aliphatic carbocycles. The van der Waals surface area contributed by atoms with Crippen LogP contribution in [0, 0.1) is 6.92 Å². The first-order chi connectivity index (χ1) is 8.15. The lowest BCUT2D eigenvalue weighted by molar-refractivity contribution is -0.116. The Bertz CT molecular complexity index is 536. The van der Waals surface area contributed by atoms with E-state index in [0.29, 0.717) is 10.7 Å². The first-order valence-corrected chi connectivity index (χ1v) is 5.57. The quantitative estimate of drug-likeness (QED) is 0.909. The van der Waals surface area contributed by atoms with Crippen LogP contribution in [-0.2, 0) is 11.3 Å². The van der Waals surface area contributed by atoms with E-state index in [9.17, 15) is 4.79 Å². The van der Waals surface area contributed by atoms with E-state index in [1.54, 1.807) is 23.0 Å². The van der Waals surface area contributed by atoms with Crippen LogP contribution in [0.25, 0.3) is 0 Å². The van der Waals surface area contributed by atoms with E-state index in [0.717, 1.165) is 5.69 Å². The molecule has 0 fully saturated rings. The van der Waals surface area contributed by atoms with Crippen molar-refractivity contribution in [2.45, 2.75) is 13.5 Å². The predicted octanol–water partition coefficient (Wildman–Crippen LogP) is 2.48. The van der Waals surface area contributed by atoms with Gasteiger partial charge in [0.05, 0.1) is 16.4 Å². The van der Waals surface area contributed by atoms with Crippen molar-refractivity contribution in [2.24, 2.45) is 0 Å². The number of anilines is 1. The molecule has 0 saturated carbocycles. The van der Waals surface area contributed by atoms with E-state index in [-0.39, 0.29) is 12.5 Å². The summed E-state index contributed by atoms with van der Waals surface area (Å²) in [7, 11) is 0. The van der Waals surface area contributed by atoms with Crippen LogP contribution in [-0.4, -0.2) is 15.7 Å². The fourth-order valence-electron chi connectivity index (χ4n) is 1.45. The highest BCUT2D eigenvalue weighted by Crippen LogP contribution is 2.20. The Morgan fingerprint density at radius 2 is 2.18 bits per heavy atom. The maximum absolute atomic E-state index is 11.7. The van der Waals surface area contributed by atoms with Gasteiger partial charge in [-0.25, -0.2) is 0 Å². The molecule has 1 aromatic carbocycles. The largest absolute Gasteiger partial charge is 0.323 e. The van der Waals surface area contributed by atoms with Crippen molar-refractivity contribution in [3.05, 3.63) is 47.2 Å². The van der Waals surface area contributed by atoms with Crippen LogP contribution in [0.15, 0.2) is 36.5 Å². The average molecular weight is 250 g/mol. The number of para-hydroxylation sites is 1. The zero-order valence-electron chi connectivity index (χ0n) is 9.35. The molecule has 0 aliphatic rings. The third-order valence-electron chi connectivity index (χ3n) is 2.23. The standard InChI is InChI=1S/C12H12ClN3O/c1-9-6-7-16(15-9)8-12(17)14-11-5-3-2-4-10(11)13/h2-7H,8H2,1H3,(H,14,17). The molecule has 17 heavy (non-hydrogen) atoms. The Morgan fingerprint density at radius 1 is 1.41 bits per heavy atom. The smallest absolute Gasteiger partial charge is 0.246 e. The summed E-state index contributed by atoms with van der Waals surface area (Å²) < 4.78 is 1.58. The number of halogens is 1. The first-order valence-electron chi connectivity index (χ1n) is 5.19. The molecule has 2 aromatic rings. The summed E-state index contributed by atoms with van der Waals surface area (Å²) in [5.74, 6) is -0.152. The van der Waals surface area contributed by atoms with Crippen molar-refractivity contribution in [1.29, 1.82) is 0 Å². The van der Waals surface area contributed by atoms with Gasteiger partial charge in [-0.05, 0) is 25.1 Å². The molecular weight excluding hydrogens is 238 g/mol. The van der Waals surface area contributed by atoms with Crippen LogP contribution in [0.2, 0.25) is 5.02 Å². The lowest BCUT2D eigenvalue weighted by Crippen LogP contribution is -2.19. The number of aryl methyl sites for hydroxylation is 1. The van der Waals surface area contributed by atoms with Gasteiger partial charge in [0.2, 0.25) is 5.91 Å². The summed E-state index contributed by atoms with van der Waals surface area (Å²) in [5, 5.41) is 7.40. The van der Waals surface area contributed by atoms with Crippen LogP contribution in [0.3, 0.4) is 0 Å². The van der Waals surface area contributed by atoms with E-state index in [2.05, 4.69) is 10.4 Å². The molecule has 88 valence electrons. The molecule has 0 saturated heterocycles. The molecule has 1 amide bonds. The molecule has 0 atom stereocenters. The number of carbonyl (C=O) groups excluding carboxylic acids is 1. The SMILES string of the molecule is Cc1ccn(CC(=O)Nc2ccccc2Cl)n1. The fraction of sp³-hybridized carbons (Fsp3) is 0.167. The maximum Gasteiger partial charge on any atom is 0.246 e. The van der Waals surface area contributed by atoms with Gasteiger partial charge in [0, 0.05) is 6.20 Å². The number of carbonyl (C=O) groups is 1. The number of benzene rings is 1. The monoisotopic (exact) mass is 249 g/mol. The molecule has 0 bridgehead atoms. The minimum atomic E-state index is -0.152.